The van der Waals surface area contributed by atoms with Crippen LogP contribution in [0.3, 0.4) is 0 Å². The Hall–Kier alpha value is -2.33. The lowest BCUT2D eigenvalue weighted by atomic mass is 10.1. The van der Waals surface area contributed by atoms with Crippen LogP contribution in [0.25, 0.3) is 0 Å². The van der Waals surface area contributed by atoms with Crippen molar-refractivity contribution >= 4 is 50.8 Å². The van der Waals surface area contributed by atoms with Gasteiger partial charge in [0.15, 0.2) is 0 Å². The summed E-state index contributed by atoms with van der Waals surface area (Å²) < 4.78 is 32.6. The summed E-state index contributed by atoms with van der Waals surface area (Å²) in [5, 5.41) is 12.7. The Labute approximate surface area is 184 Å². The molecule has 0 spiro atoms. The number of nitrogens with one attached hydrogen (secondary N) is 2. The van der Waals surface area contributed by atoms with Crippen molar-refractivity contribution in [2.45, 2.75) is 30.7 Å². The van der Waals surface area contributed by atoms with E-state index < -0.39 is 27.9 Å². The number of rotatable bonds is 9. The van der Waals surface area contributed by atoms with Gasteiger partial charge < -0.3 is 15.2 Å². The van der Waals surface area contributed by atoms with E-state index in [1.54, 1.807) is 31.2 Å². The predicted octanol–water partition coefficient (Wildman–Crippen LogP) is 3.46. The number of carboxylic acids is 1. The minimum atomic E-state index is -4.28. The van der Waals surface area contributed by atoms with E-state index in [2.05, 4.69) is 10.0 Å². The molecule has 1 atom stereocenters. The molecular formula is C19H20Cl2N2O6S. The summed E-state index contributed by atoms with van der Waals surface area (Å²) in [5.74, 6) is -1.87. The molecule has 162 valence electrons. The lowest BCUT2D eigenvalue weighted by Gasteiger charge is -2.17. The van der Waals surface area contributed by atoms with Crippen molar-refractivity contribution in [3.8, 4) is 5.75 Å². The number of amides is 1. The molecule has 1 amide bonds. The van der Waals surface area contributed by atoms with Crippen LogP contribution < -0.4 is 14.8 Å². The van der Waals surface area contributed by atoms with Crippen LogP contribution in [0.2, 0.25) is 10.0 Å². The standard InChI is InChI=1S/C19H20Cl2N2O6S/c1-11-9-16(29-2)17(10-14(11)21)30(27,28)23-15(19(25)26)7-8-18(24)22-13-5-3-12(20)4-6-13/h3-6,9-10,15,23H,7-8H2,1-2H3,(H,22,24)(H,25,26). The average Bonchev–Trinajstić information content (AvgIpc) is 2.68. The maximum absolute atomic E-state index is 12.7. The lowest BCUT2D eigenvalue weighted by Crippen LogP contribution is -2.41. The molecule has 0 radical (unpaired) electrons. The van der Waals surface area contributed by atoms with E-state index in [-0.39, 0.29) is 28.5 Å². The van der Waals surface area contributed by atoms with E-state index in [1.165, 1.54) is 19.2 Å². The number of methoxy groups -OCH3 is 1. The van der Waals surface area contributed by atoms with E-state index >= 15 is 0 Å². The number of anilines is 1. The zero-order valence-corrected chi connectivity index (χ0v) is 18.4. The molecule has 30 heavy (non-hydrogen) atoms. The van der Waals surface area contributed by atoms with Gasteiger partial charge in [0.2, 0.25) is 15.9 Å². The van der Waals surface area contributed by atoms with E-state index in [9.17, 15) is 23.1 Å². The number of carboxylic acid groups (broad SMARTS) is 1. The average molecular weight is 475 g/mol. The number of sulfonamides is 1. The van der Waals surface area contributed by atoms with Gasteiger partial charge in [-0.3, -0.25) is 9.59 Å². The molecule has 0 saturated carbocycles. The summed E-state index contributed by atoms with van der Waals surface area (Å²) in [5.41, 5.74) is 1.08. The van der Waals surface area contributed by atoms with Crippen LogP contribution in [0, 0.1) is 6.92 Å². The van der Waals surface area contributed by atoms with Gasteiger partial charge in [0, 0.05) is 22.2 Å². The van der Waals surface area contributed by atoms with Crippen molar-refractivity contribution in [3.05, 3.63) is 52.0 Å². The second kappa shape index (κ2) is 10.1. The molecule has 8 nitrogen and oxygen atoms in total. The van der Waals surface area contributed by atoms with Crippen LogP contribution in [0.1, 0.15) is 18.4 Å². The molecule has 0 bridgehead atoms. The zero-order valence-electron chi connectivity index (χ0n) is 16.1. The first-order chi connectivity index (χ1) is 14.0. The fourth-order valence-electron chi connectivity index (χ4n) is 2.52. The van der Waals surface area contributed by atoms with Crippen LogP contribution >= 0.6 is 23.2 Å². The first-order valence-electron chi connectivity index (χ1n) is 8.68. The zero-order chi connectivity index (χ0) is 22.5. The highest BCUT2D eigenvalue weighted by Gasteiger charge is 2.28. The molecule has 2 rings (SSSR count). The van der Waals surface area contributed by atoms with Crippen molar-refractivity contribution in [2.24, 2.45) is 0 Å². The third-order valence-electron chi connectivity index (χ3n) is 4.12. The Bertz CT molecular complexity index is 1040. The van der Waals surface area contributed by atoms with Gasteiger partial charge in [-0.2, -0.15) is 4.72 Å². The topological polar surface area (TPSA) is 122 Å². The smallest absolute Gasteiger partial charge is 0.321 e. The first kappa shape index (κ1) is 23.9. The van der Waals surface area contributed by atoms with Gasteiger partial charge in [0.25, 0.3) is 0 Å². The van der Waals surface area contributed by atoms with Crippen molar-refractivity contribution < 1.29 is 27.9 Å². The lowest BCUT2D eigenvalue weighted by molar-refractivity contribution is -0.139. The first-order valence-corrected chi connectivity index (χ1v) is 10.9. The molecule has 0 aliphatic heterocycles. The Morgan fingerprint density at radius 3 is 2.37 bits per heavy atom. The second-order valence-electron chi connectivity index (χ2n) is 6.36. The van der Waals surface area contributed by atoms with Gasteiger partial charge in [-0.05, 0) is 55.3 Å². The van der Waals surface area contributed by atoms with E-state index in [4.69, 9.17) is 27.9 Å². The molecule has 1 unspecified atom stereocenters. The van der Waals surface area contributed by atoms with Crippen LogP contribution in [0.4, 0.5) is 5.69 Å². The van der Waals surface area contributed by atoms with Crippen LogP contribution in [-0.2, 0) is 19.6 Å². The number of carbonyl (C=O) groups is 2. The summed E-state index contributed by atoms with van der Waals surface area (Å²) in [6.07, 6.45) is -0.496. The van der Waals surface area contributed by atoms with E-state index in [0.717, 1.165) is 0 Å². The number of halogens is 2. The number of hydrogen-bond acceptors (Lipinski definition) is 5. The highest BCUT2D eigenvalue weighted by molar-refractivity contribution is 7.89. The minimum absolute atomic E-state index is 0.0222. The minimum Gasteiger partial charge on any atom is -0.495 e. The van der Waals surface area contributed by atoms with Gasteiger partial charge >= 0.3 is 5.97 Å². The molecular weight excluding hydrogens is 455 g/mol. The maximum atomic E-state index is 12.7. The van der Waals surface area contributed by atoms with Crippen molar-refractivity contribution in [1.82, 2.24) is 4.72 Å². The van der Waals surface area contributed by atoms with Crippen molar-refractivity contribution in [1.29, 1.82) is 0 Å². The SMILES string of the molecule is COc1cc(C)c(Cl)cc1S(=O)(=O)NC(CCC(=O)Nc1ccc(Cl)cc1)C(=O)O. The second-order valence-corrected chi connectivity index (χ2v) is 8.88. The fraction of sp³-hybridized carbons (Fsp3) is 0.263. The number of benzene rings is 2. The fourth-order valence-corrected chi connectivity index (χ4v) is 4.28. The molecule has 3 N–H and O–H groups in total. The van der Waals surface area contributed by atoms with Gasteiger partial charge in [0.1, 0.15) is 16.7 Å². The molecule has 0 saturated heterocycles. The van der Waals surface area contributed by atoms with Crippen LogP contribution in [-0.4, -0.2) is 38.6 Å². The third-order valence-corrected chi connectivity index (χ3v) is 6.27. The Morgan fingerprint density at radius 2 is 1.80 bits per heavy atom. The number of aliphatic carboxylic acids is 1. The molecule has 0 heterocycles. The summed E-state index contributed by atoms with van der Waals surface area (Å²) in [4.78, 5) is 23.4. The number of carbonyl (C=O) groups excluding carboxylic acids is 1. The number of aryl methyl sites for hydroxylation is 1. The summed E-state index contributed by atoms with van der Waals surface area (Å²) in [6.45, 7) is 1.67. The van der Waals surface area contributed by atoms with Crippen molar-refractivity contribution in [2.75, 3.05) is 12.4 Å². The summed E-state index contributed by atoms with van der Waals surface area (Å²) >= 11 is 11.8. The highest BCUT2D eigenvalue weighted by atomic mass is 35.5. The normalized spacial score (nSPS) is 12.3. The summed E-state index contributed by atoms with van der Waals surface area (Å²) in [7, 11) is -3.00. The van der Waals surface area contributed by atoms with Gasteiger partial charge in [-0.25, -0.2) is 8.42 Å². The third kappa shape index (κ3) is 6.33. The van der Waals surface area contributed by atoms with E-state index in [1.807, 2.05) is 0 Å². The highest BCUT2D eigenvalue weighted by Crippen LogP contribution is 2.30. The quantitative estimate of drug-likeness (QED) is 0.511. The molecule has 2 aromatic carbocycles. The molecule has 11 heteroatoms. The van der Waals surface area contributed by atoms with Gasteiger partial charge in [0.05, 0.1) is 7.11 Å². The number of ether oxygens (including phenoxy) is 1. The molecule has 2 aromatic rings. The Balaban J connectivity index is 2.11. The summed E-state index contributed by atoms with van der Waals surface area (Å²) in [6, 6.07) is 7.44. The molecule has 0 fully saturated rings. The molecule has 0 aliphatic carbocycles. The van der Waals surface area contributed by atoms with Crippen LogP contribution in [0.5, 0.6) is 5.75 Å². The Kier molecular flexibility index (Phi) is 8.08. The largest absolute Gasteiger partial charge is 0.495 e. The van der Waals surface area contributed by atoms with E-state index in [0.29, 0.717) is 16.3 Å². The molecule has 0 aliphatic rings. The van der Waals surface area contributed by atoms with Gasteiger partial charge in [-0.1, -0.05) is 23.2 Å². The van der Waals surface area contributed by atoms with Crippen LogP contribution in [0.15, 0.2) is 41.3 Å². The predicted molar refractivity (Wildman–Crippen MR) is 114 cm³/mol. The monoisotopic (exact) mass is 474 g/mol. The van der Waals surface area contributed by atoms with Crippen molar-refractivity contribution in [3.63, 3.8) is 0 Å². The van der Waals surface area contributed by atoms with Gasteiger partial charge in [-0.15, -0.1) is 0 Å². The maximum Gasteiger partial charge on any atom is 0.321 e. The number of hydrogen-bond donors (Lipinski definition) is 3. The Morgan fingerprint density at radius 1 is 1.17 bits per heavy atom. The molecule has 0 aromatic heterocycles.